The summed E-state index contributed by atoms with van der Waals surface area (Å²) in [6.45, 7) is 2.06. The SMILES string of the molecule is CCc1ccc(Oc2nccc(C(=N)N)n2)c(OC)c1. The Morgan fingerprint density at radius 3 is 2.75 bits per heavy atom. The monoisotopic (exact) mass is 272 g/mol. The van der Waals surface area contributed by atoms with E-state index in [4.69, 9.17) is 20.6 Å². The van der Waals surface area contributed by atoms with Crippen molar-refractivity contribution >= 4 is 5.84 Å². The number of nitrogens with one attached hydrogen (secondary N) is 1. The van der Waals surface area contributed by atoms with E-state index in [0.29, 0.717) is 17.2 Å². The Morgan fingerprint density at radius 1 is 1.30 bits per heavy atom. The zero-order chi connectivity index (χ0) is 14.5. The van der Waals surface area contributed by atoms with Crippen molar-refractivity contribution in [1.29, 1.82) is 5.41 Å². The molecule has 2 rings (SSSR count). The lowest BCUT2D eigenvalue weighted by atomic mass is 10.1. The number of benzene rings is 1. The molecule has 0 amide bonds. The number of methoxy groups -OCH3 is 1. The highest BCUT2D eigenvalue weighted by molar-refractivity contribution is 5.92. The molecule has 0 saturated heterocycles. The number of nitrogens with two attached hydrogens (primary N) is 1. The maximum atomic E-state index is 7.35. The first-order valence-corrected chi connectivity index (χ1v) is 6.16. The van der Waals surface area contributed by atoms with E-state index in [2.05, 4.69) is 16.9 Å². The number of nitrogen functional groups attached to an aromatic ring is 1. The largest absolute Gasteiger partial charge is 0.493 e. The molecule has 1 aromatic carbocycles. The average molecular weight is 272 g/mol. The summed E-state index contributed by atoms with van der Waals surface area (Å²) in [5.74, 6) is 0.997. The van der Waals surface area contributed by atoms with Gasteiger partial charge in [-0.15, -0.1) is 0 Å². The Balaban J connectivity index is 2.29. The number of ether oxygens (including phenoxy) is 2. The summed E-state index contributed by atoms with van der Waals surface area (Å²) < 4.78 is 10.9. The first kappa shape index (κ1) is 13.8. The summed E-state index contributed by atoms with van der Waals surface area (Å²) in [5, 5.41) is 7.35. The number of hydrogen-bond donors (Lipinski definition) is 2. The fourth-order valence-electron chi connectivity index (χ4n) is 1.65. The van der Waals surface area contributed by atoms with Crippen molar-refractivity contribution in [2.24, 2.45) is 5.73 Å². The van der Waals surface area contributed by atoms with Crippen LogP contribution in [0.4, 0.5) is 0 Å². The molecule has 0 fully saturated rings. The van der Waals surface area contributed by atoms with E-state index in [1.807, 2.05) is 18.2 Å². The first-order chi connectivity index (χ1) is 9.63. The topological polar surface area (TPSA) is 94.1 Å². The molecule has 0 aliphatic rings. The second kappa shape index (κ2) is 6.01. The molecule has 0 aliphatic carbocycles. The zero-order valence-corrected chi connectivity index (χ0v) is 11.4. The van der Waals surface area contributed by atoms with Gasteiger partial charge in [-0.05, 0) is 30.2 Å². The summed E-state index contributed by atoms with van der Waals surface area (Å²) in [7, 11) is 1.58. The fraction of sp³-hybridized carbons (Fsp3) is 0.214. The molecule has 0 saturated carbocycles. The van der Waals surface area contributed by atoms with Crippen LogP contribution in [0.1, 0.15) is 18.2 Å². The van der Waals surface area contributed by atoms with Gasteiger partial charge in [0.25, 0.3) is 0 Å². The average Bonchev–Trinajstić information content (AvgIpc) is 2.48. The van der Waals surface area contributed by atoms with Gasteiger partial charge in [-0.1, -0.05) is 13.0 Å². The van der Waals surface area contributed by atoms with Gasteiger partial charge in [0.15, 0.2) is 11.5 Å². The lowest BCUT2D eigenvalue weighted by Crippen LogP contribution is -2.13. The molecule has 0 radical (unpaired) electrons. The lowest BCUT2D eigenvalue weighted by Gasteiger charge is -2.10. The second-order valence-electron chi connectivity index (χ2n) is 4.08. The second-order valence-corrected chi connectivity index (χ2v) is 4.08. The van der Waals surface area contributed by atoms with Gasteiger partial charge in [-0.2, -0.15) is 4.98 Å². The predicted molar refractivity (Wildman–Crippen MR) is 75.5 cm³/mol. The van der Waals surface area contributed by atoms with Crippen LogP contribution in [-0.2, 0) is 6.42 Å². The van der Waals surface area contributed by atoms with Crippen LogP contribution in [0, 0.1) is 5.41 Å². The van der Waals surface area contributed by atoms with Gasteiger partial charge in [0, 0.05) is 6.20 Å². The van der Waals surface area contributed by atoms with Gasteiger partial charge in [-0.25, -0.2) is 4.98 Å². The molecular weight excluding hydrogens is 256 g/mol. The quantitative estimate of drug-likeness (QED) is 0.642. The van der Waals surface area contributed by atoms with Gasteiger partial charge in [0.2, 0.25) is 0 Å². The van der Waals surface area contributed by atoms with Crippen molar-refractivity contribution in [2.75, 3.05) is 7.11 Å². The Kier molecular flexibility index (Phi) is 4.14. The third kappa shape index (κ3) is 3.03. The number of nitrogens with zero attached hydrogens (tertiary/aromatic N) is 2. The number of rotatable bonds is 5. The lowest BCUT2D eigenvalue weighted by molar-refractivity contribution is 0.367. The van der Waals surface area contributed by atoms with E-state index in [9.17, 15) is 0 Å². The van der Waals surface area contributed by atoms with E-state index < -0.39 is 0 Å². The third-order valence-corrected chi connectivity index (χ3v) is 2.75. The summed E-state index contributed by atoms with van der Waals surface area (Å²) in [5.41, 5.74) is 6.85. The molecule has 0 spiro atoms. The van der Waals surface area contributed by atoms with E-state index in [-0.39, 0.29) is 11.8 Å². The maximum absolute atomic E-state index is 7.35. The van der Waals surface area contributed by atoms with Gasteiger partial charge >= 0.3 is 6.01 Å². The zero-order valence-electron chi connectivity index (χ0n) is 11.4. The molecular formula is C14H16N4O2. The molecule has 3 N–H and O–H groups in total. The van der Waals surface area contributed by atoms with Crippen molar-refractivity contribution in [3.05, 3.63) is 41.7 Å². The molecule has 0 unspecified atom stereocenters. The van der Waals surface area contributed by atoms with Crippen LogP contribution in [0.15, 0.2) is 30.5 Å². The van der Waals surface area contributed by atoms with E-state index in [0.717, 1.165) is 12.0 Å². The van der Waals surface area contributed by atoms with Crippen LogP contribution in [-0.4, -0.2) is 22.9 Å². The normalized spacial score (nSPS) is 10.1. The highest BCUT2D eigenvalue weighted by atomic mass is 16.5. The van der Waals surface area contributed by atoms with Crippen LogP contribution in [0.2, 0.25) is 0 Å². The molecule has 20 heavy (non-hydrogen) atoms. The third-order valence-electron chi connectivity index (χ3n) is 2.75. The van der Waals surface area contributed by atoms with Crippen molar-refractivity contribution in [3.63, 3.8) is 0 Å². The van der Waals surface area contributed by atoms with Gasteiger partial charge < -0.3 is 15.2 Å². The summed E-state index contributed by atoms with van der Waals surface area (Å²) in [6.07, 6.45) is 2.40. The summed E-state index contributed by atoms with van der Waals surface area (Å²) in [4.78, 5) is 8.04. The molecule has 6 heteroatoms. The van der Waals surface area contributed by atoms with E-state index >= 15 is 0 Å². The molecule has 0 aliphatic heterocycles. The highest BCUT2D eigenvalue weighted by Crippen LogP contribution is 2.31. The van der Waals surface area contributed by atoms with Crippen LogP contribution in [0.3, 0.4) is 0 Å². The molecule has 0 bridgehead atoms. The van der Waals surface area contributed by atoms with Crippen molar-refractivity contribution < 1.29 is 9.47 Å². The van der Waals surface area contributed by atoms with Crippen LogP contribution in [0.5, 0.6) is 17.5 Å². The minimum atomic E-state index is -0.134. The number of hydrogen-bond acceptors (Lipinski definition) is 5. The molecule has 0 atom stereocenters. The minimum absolute atomic E-state index is 0.125. The Labute approximate surface area is 117 Å². The van der Waals surface area contributed by atoms with E-state index in [1.54, 1.807) is 13.2 Å². The highest BCUT2D eigenvalue weighted by Gasteiger charge is 2.09. The molecule has 2 aromatic rings. The van der Waals surface area contributed by atoms with Gasteiger partial charge in [-0.3, -0.25) is 5.41 Å². The predicted octanol–water partition coefficient (Wildman–Crippen LogP) is 2.12. The van der Waals surface area contributed by atoms with Gasteiger partial charge in [0.05, 0.1) is 7.11 Å². The minimum Gasteiger partial charge on any atom is -0.493 e. The van der Waals surface area contributed by atoms with Crippen LogP contribution >= 0.6 is 0 Å². The van der Waals surface area contributed by atoms with Crippen molar-refractivity contribution in [1.82, 2.24) is 9.97 Å². The summed E-state index contributed by atoms with van der Waals surface area (Å²) >= 11 is 0. The number of aromatic nitrogens is 2. The maximum Gasteiger partial charge on any atom is 0.322 e. The van der Waals surface area contributed by atoms with Crippen molar-refractivity contribution in [3.8, 4) is 17.5 Å². The Hall–Kier alpha value is -2.63. The summed E-state index contributed by atoms with van der Waals surface area (Å²) in [6, 6.07) is 7.34. The number of amidine groups is 1. The van der Waals surface area contributed by atoms with Gasteiger partial charge in [0.1, 0.15) is 11.5 Å². The Bertz CT molecular complexity index is 628. The number of aryl methyl sites for hydroxylation is 1. The molecule has 6 nitrogen and oxygen atoms in total. The standard InChI is InChI=1S/C14H16N4O2/c1-3-9-4-5-11(12(8-9)19-2)20-14-17-7-6-10(18-14)13(15)16/h4-8H,3H2,1-2H3,(H3,15,16). The van der Waals surface area contributed by atoms with Crippen LogP contribution < -0.4 is 15.2 Å². The van der Waals surface area contributed by atoms with E-state index in [1.165, 1.54) is 6.20 Å². The first-order valence-electron chi connectivity index (χ1n) is 6.16. The molecule has 1 aromatic heterocycles. The smallest absolute Gasteiger partial charge is 0.322 e. The molecule has 1 heterocycles. The fourth-order valence-corrected chi connectivity index (χ4v) is 1.65. The van der Waals surface area contributed by atoms with Crippen LogP contribution in [0.25, 0.3) is 0 Å². The van der Waals surface area contributed by atoms with Crippen molar-refractivity contribution in [2.45, 2.75) is 13.3 Å². The Morgan fingerprint density at radius 2 is 2.10 bits per heavy atom. The molecule has 104 valence electrons.